The van der Waals surface area contributed by atoms with E-state index >= 15 is 0 Å². The molecule has 0 amide bonds. The summed E-state index contributed by atoms with van der Waals surface area (Å²) in [5.41, 5.74) is -0.736. The highest BCUT2D eigenvalue weighted by atomic mass is 16.6. The summed E-state index contributed by atoms with van der Waals surface area (Å²) in [6, 6.07) is 0.432. The van der Waals surface area contributed by atoms with E-state index in [2.05, 4.69) is 4.90 Å². The summed E-state index contributed by atoms with van der Waals surface area (Å²) in [5, 5.41) is 0. The Kier molecular flexibility index (Phi) is 2.26. The van der Waals surface area contributed by atoms with Crippen molar-refractivity contribution in [2.24, 2.45) is 0 Å². The molecule has 2 saturated heterocycles. The second kappa shape index (κ2) is 3.57. The van der Waals surface area contributed by atoms with Gasteiger partial charge in [0.05, 0.1) is 0 Å². The van der Waals surface area contributed by atoms with Crippen molar-refractivity contribution in [3.8, 4) is 0 Å². The molecule has 3 aliphatic rings. The molecule has 1 spiro atoms. The average molecular weight is 237 g/mol. The Labute approximate surface area is 99.4 Å². The molecule has 3 atom stereocenters. The SMILES string of the molecule is CN1C2CCC3OC(=O)/C=C\C(=O)OC31CC2. The maximum absolute atomic E-state index is 11.6. The third-order valence-electron chi connectivity index (χ3n) is 4.14. The van der Waals surface area contributed by atoms with Crippen molar-refractivity contribution in [1.29, 1.82) is 0 Å². The Morgan fingerprint density at radius 2 is 2.00 bits per heavy atom. The van der Waals surface area contributed by atoms with Gasteiger partial charge in [0.15, 0.2) is 6.10 Å². The van der Waals surface area contributed by atoms with Crippen molar-refractivity contribution in [2.45, 2.75) is 43.6 Å². The summed E-state index contributed by atoms with van der Waals surface area (Å²) < 4.78 is 10.9. The zero-order chi connectivity index (χ0) is 12.0. The number of nitrogens with zero attached hydrogens (tertiary/aromatic N) is 1. The molecule has 5 nitrogen and oxygen atoms in total. The number of ether oxygens (including phenoxy) is 2. The normalized spacial score (nSPS) is 43.1. The lowest BCUT2D eigenvalue weighted by atomic mass is 9.96. The first-order valence-corrected chi connectivity index (χ1v) is 5.96. The molecule has 3 rings (SSSR count). The lowest BCUT2D eigenvalue weighted by Gasteiger charge is -2.46. The predicted molar refractivity (Wildman–Crippen MR) is 57.9 cm³/mol. The van der Waals surface area contributed by atoms with Gasteiger partial charge in [-0.15, -0.1) is 0 Å². The van der Waals surface area contributed by atoms with Crippen LogP contribution in [0.25, 0.3) is 0 Å². The molecule has 2 bridgehead atoms. The minimum Gasteiger partial charge on any atom is -0.453 e. The number of likely N-dealkylation sites (N-methyl/N-ethyl adjacent to an activating group) is 1. The lowest BCUT2D eigenvalue weighted by molar-refractivity contribution is -0.222. The summed E-state index contributed by atoms with van der Waals surface area (Å²) in [5.74, 6) is -0.911. The van der Waals surface area contributed by atoms with E-state index < -0.39 is 17.7 Å². The summed E-state index contributed by atoms with van der Waals surface area (Å²) in [6.07, 6.45) is 5.42. The van der Waals surface area contributed by atoms with Crippen LogP contribution in [-0.2, 0) is 19.1 Å². The third-order valence-corrected chi connectivity index (χ3v) is 4.14. The second-order valence-corrected chi connectivity index (χ2v) is 4.91. The van der Waals surface area contributed by atoms with E-state index in [0.717, 1.165) is 37.8 Å². The fourth-order valence-electron chi connectivity index (χ4n) is 3.21. The van der Waals surface area contributed by atoms with Gasteiger partial charge in [-0.2, -0.15) is 0 Å². The van der Waals surface area contributed by atoms with Gasteiger partial charge >= 0.3 is 11.9 Å². The molecule has 0 N–H and O–H groups in total. The molecule has 3 aliphatic heterocycles. The molecule has 0 aliphatic carbocycles. The molecule has 0 aromatic carbocycles. The molecule has 2 fully saturated rings. The highest BCUT2D eigenvalue weighted by Gasteiger charge is 2.57. The number of fused-ring (bicyclic) bond motifs is 1. The van der Waals surface area contributed by atoms with Crippen LogP contribution in [0.15, 0.2) is 12.2 Å². The zero-order valence-corrected chi connectivity index (χ0v) is 9.72. The summed E-state index contributed by atoms with van der Waals surface area (Å²) in [7, 11) is 1.94. The van der Waals surface area contributed by atoms with Crippen LogP contribution in [0.4, 0.5) is 0 Å². The maximum atomic E-state index is 11.6. The summed E-state index contributed by atoms with van der Waals surface area (Å²) in [4.78, 5) is 25.2. The lowest BCUT2D eigenvalue weighted by Crippen LogP contribution is -2.60. The van der Waals surface area contributed by atoms with E-state index in [1.165, 1.54) is 0 Å². The highest BCUT2D eigenvalue weighted by Crippen LogP contribution is 2.45. The number of hydrogen-bond acceptors (Lipinski definition) is 5. The van der Waals surface area contributed by atoms with E-state index in [1.54, 1.807) is 0 Å². The van der Waals surface area contributed by atoms with Crippen molar-refractivity contribution in [1.82, 2.24) is 4.90 Å². The van der Waals surface area contributed by atoms with Gasteiger partial charge in [-0.05, 0) is 26.3 Å². The number of carbonyl (C=O) groups excluding carboxylic acids is 2. The molecule has 0 saturated carbocycles. The Hall–Kier alpha value is -1.36. The number of piperidine rings is 1. The summed E-state index contributed by atoms with van der Waals surface area (Å²) >= 11 is 0. The Morgan fingerprint density at radius 1 is 1.24 bits per heavy atom. The minimum absolute atomic E-state index is 0.340. The average Bonchev–Trinajstić information content (AvgIpc) is 2.48. The highest BCUT2D eigenvalue weighted by molar-refractivity contribution is 5.92. The molecule has 0 aromatic heterocycles. The van der Waals surface area contributed by atoms with Crippen LogP contribution in [0.3, 0.4) is 0 Å². The quantitative estimate of drug-likeness (QED) is 0.577. The molecule has 5 heteroatoms. The smallest absolute Gasteiger partial charge is 0.332 e. The van der Waals surface area contributed by atoms with E-state index in [9.17, 15) is 9.59 Å². The van der Waals surface area contributed by atoms with Crippen LogP contribution in [-0.4, -0.2) is 41.8 Å². The molecule has 3 unspecified atom stereocenters. The second-order valence-electron chi connectivity index (χ2n) is 4.91. The van der Waals surface area contributed by atoms with Crippen LogP contribution in [0, 0.1) is 0 Å². The van der Waals surface area contributed by atoms with Gasteiger partial charge in [0.2, 0.25) is 5.72 Å². The van der Waals surface area contributed by atoms with Crippen LogP contribution in [0.1, 0.15) is 25.7 Å². The molecule has 17 heavy (non-hydrogen) atoms. The van der Waals surface area contributed by atoms with Crippen LogP contribution < -0.4 is 0 Å². The molecule has 3 heterocycles. The van der Waals surface area contributed by atoms with E-state index in [1.807, 2.05) is 7.05 Å². The van der Waals surface area contributed by atoms with Crippen molar-refractivity contribution in [2.75, 3.05) is 7.05 Å². The van der Waals surface area contributed by atoms with Gasteiger partial charge < -0.3 is 9.47 Å². The van der Waals surface area contributed by atoms with Crippen molar-refractivity contribution in [3.05, 3.63) is 12.2 Å². The molecular formula is C12H15NO4. The summed E-state index contributed by atoms with van der Waals surface area (Å²) in [6.45, 7) is 0. The zero-order valence-electron chi connectivity index (χ0n) is 9.72. The van der Waals surface area contributed by atoms with Crippen molar-refractivity contribution >= 4 is 11.9 Å². The fourth-order valence-corrected chi connectivity index (χ4v) is 3.21. The maximum Gasteiger partial charge on any atom is 0.332 e. The van der Waals surface area contributed by atoms with E-state index in [-0.39, 0.29) is 6.10 Å². The van der Waals surface area contributed by atoms with Gasteiger partial charge in [-0.25, -0.2) is 9.59 Å². The van der Waals surface area contributed by atoms with E-state index in [0.29, 0.717) is 6.04 Å². The Balaban J connectivity index is 2.00. The van der Waals surface area contributed by atoms with Gasteiger partial charge in [0, 0.05) is 24.6 Å². The van der Waals surface area contributed by atoms with Gasteiger partial charge in [-0.3, -0.25) is 4.90 Å². The Bertz CT molecular complexity index is 403. The molecule has 0 radical (unpaired) electrons. The first kappa shape index (κ1) is 10.8. The first-order chi connectivity index (χ1) is 8.12. The minimum atomic E-state index is -0.736. The number of esters is 2. The number of hydrogen-bond donors (Lipinski definition) is 0. The predicted octanol–water partition coefficient (Wildman–Crippen LogP) is 0.595. The van der Waals surface area contributed by atoms with Crippen LogP contribution in [0.5, 0.6) is 0 Å². The number of rotatable bonds is 0. The standard InChI is InChI=1S/C12H15NO4/c1-13-8-2-3-9-12(13,7-6-8)17-11(15)5-4-10(14)16-9/h4-5,8-9H,2-3,6-7H2,1H3/b5-4-. The number of carbonyl (C=O) groups is 2. The van der Waals surface area contributed by atoms with Gasteiger partial charge in [0.1, 0.15) is 0 Å². The fraction of sp³-hybridized carbons (Fsp3) is 0.667. The first-order valence-electron chi connectivity index (χ1n) is 5.96. The third kappa shape index (κ3) is 1.49. The monoisotopic (exact) mass is 237 g/mol. The van der Waals surface area contributed by atoms with E-state index in [4.69, 9.17) is 9.47 Å². The van der Waals surface area contributed by atoms with Crippen LogP contribution >= 0.6 is 0 Å². The molecule has 0 aromatic rings. The largest absolute Gasteiger partial charge is 0.453 e. The van der Waals surface area contributed by atoms with Crippen LogP contribution in [0.2, 0.25) is 0 Å². The molecule has 92 valence electrons. The van der Waals surface area contributed by atoms with Crippen molar-refractivity contribution < 1.29 is 19.1 Å². The van der Waals surface area contributed by atoms with Gasteiger partial charge in [0.25, 0.3) is 0 Å². The molecular weight excluding hydrogens is 222 g/mol. The Morgan fingerprint density at radius 3 is 2.82 bits per heavy atom. The van der Waals surface area contributed by atoms with Gasteiger partial charge in [-0.1, -0.05) is 0 Å². The topological polar surface area (TPSA) is 55.8 Å². The van der Waals surface area contributed by atoms with Crippen molar-refractivity contribution in [3.63, 3.8) is 0 Å².